The van der Waals surface area contributed by atoms with E-state index >= 15 is 0 Å². The van der Waals surface area contributed by atoms with E-state index in [1.165, 1.54) is 0 Å². The van der Waals surface area contributed by atoms with E-state index in [2.05, 4.69) is 20.8 Å². The van der Waals surface area contributed by atoms with Crippen molar-refractivity contribution in [1.82, 2.24) is 0 Å². The number of carboxylic acids is 1. The third-order valence-corrected chi connectivity index (χ3v) is 4.05. The molecule has 0 aromatic carbocycles. The van der Waals surface area contributed by atoms with Crippen molar-refractivity contribution in [3.8, 4) is 0 Å². The molecule has 1 fully saturated rings. The molecule has 0 heterocycles. The van der Waals surface area contributed by atoms with E-state index in [-0.39, 0.29) is 5.41 Å². The molecule has 13 heavy (non-hydrogen) atoms. The molecule has 1 aliphatic carbocycles. The van der Waals surface area contributed by atoms with Crippen LogP contribution in [0.1, 0.15) is 52.9 Å². The molecule has 0 bridgehead atoms. The van der Waals surface area contributed by atoms with Crippen LogP contribution in [0.25, 0.3) is 0 Å². The second kappa shape index (κ2) is 3.32. The van der Waals surface area contributed by atoms with Crippen molar-refractivity contribution < 1.29 is 9.90 Å². The average Bonchev–Trinajstić information content (AvgIpc) is 2.53. The number of hydrogen-bond donors (Lipinski definition) is 1. The molecule has 0 amide bonds. The Bertz CT molecular complexity index is 200. The van der Waals surface area contributed by atoms with Gasteiger partial charge in [-0.25, -0.2) is 0 Å². The molecule has 76 valence electrons. The van der Waals surface area contributed by atoms with Crippen LogP contribution in [0.15, 0.2) is 0 Å². The highest BCUT2D eigenvalue weighted by Gasteiger charge is 2.51. The van der Waals surface area contributed by atoms with Gasteiger partial charge in [0.25, 0.3) is 0 Å². The van der Waals surface area contributed by atoms with Crippen LogP contribution in [0.5, 0.6) is 0 Å². The van der Waals surface area contributed by atoms with E-state index in [1.54, 1.807) is 0 Å². The van der Waals surface area contributed by atoms with Gasteiger partial charge in [-0.15, -0.1) is 0 Å². The number of rotatable bonds is 3. The van der Waals surface area contributed by atoms with Crippen LogP contribution in [0.3, 0.4) is 0 Å². The smallest absolute Gasteiger partial charge is 0.310 e. The van der Waals surface area contributed by atoms with Gasteiger partial charge in [0.1, 0.15) is 0 Å². The van der Waals surface area contributed by atoms with Gasteiger partial charge in [-0.1, -0.05) is 33.6 Å². The number of carboxylic acid groups (broad SMARTS) is 1. The summed E-state index contributed by atoms with van der Waals surface area (Å²) in [7, 11) is 0. The molecular formula is C11H20O2. The zero-order valence-corrected chi connectivity index (χ0v) is 8.89. The molecule has 0 spiro atoms. The molecule has 0 saturated heterocycles. The van der Waals surface area contributed by atoms with Gasteiger partial charge in [0, 0.05) is 0 Å². The summed E-state index contributed by atoms with van der Waals surface area (Å²) in [6.07, 6.45) is 4.83. The van der Waals surface area contributed by atoms with E-state index in [4.69, 9.17) is 0 Å². The lowest BCUT2D eigenvalue weighted by Gasteiger charge is -2.40. The fraction of sp³-hybridized carbons (Fsp3) is 0.909. The predicted octanol–water partition coefficient (Wildman–Crippen LogP) is 3.07. The van der Waals surface area contributed by atoms with Crippen molar-refractivity contribution in [2.75, 3.05) is 0 Å². The molecule has 1 N–H and O–H groups in total. The Morgan fingerprint density at radius 2 is 1.85 bits per heavy atom. The lowest BCUT2D eigenvalue weighted by atomic mass is 9.63. The first-order valence-corrected chi connectivity index (χ1v) is 5.20. The van der Waals surface area contributed by atoms with Crippen molar-refractivity contribution in [3.63, 3.8) is 0 Å². The van der Waals surface area contributed by atoms with Crippen LogP contribution in [0, 0.1) is 10.8 Å². The SMILES string of the molecule is CCC(C)(C)C1(C(=O)O)CCCC1. The van der Waals surface area contributed by atoms with E-state index in [0.29, 0.717) is 0 Å². The summed E-state index contributed by atoms with van der Waals surface area (Å²) in [6.45, 7) is 6.27. The first-order chi connectivity index (χ1) is 5.96. The Balaban J connectivity index is 2.97. The Kier molecular flexibility index (Phi) is 2.69. The van der Waals surface area contributed by atoms with Crippen molar-refractivity contribution >= 4 is 5.97 Å². The fourth-order valence-corrected chi connectivity index (χ4v) is 2.50. The van der Waals surface area contributed by atoms with Crippen molar-refractivity contribution in [1.29, 1.82) is 0 Å². The minimum Gasteiger partial charge on any atom is -0.481 e. The maximum atomic E-state index is 11.3. The van der Waals surface area contributed by atoms with E-state index in [0.717, 1.165) is 32.1 Å². The van der Waals surface area contributed by atoms with Crippen LogP contribution in [0.2, 0.25) is 0 Å². The molecule has 0 unspecified atom stereocenters. The molecule has 0 radical (unpaired) electrons. The average molecular weight is 184 g/mol. The van der Waals surface area contributed by atoms with Gasteiger partial charge in [0.05, 0.1) is 5.41 Å². The highest BCUT2D eigenvalue weighted by Crippen LogP contribution is 2.52. The van der Waals surface area contributed by atoms with Gasteiger partial charge in [-0.05, 0) is 24.7 Å². The van der Waals surface area contributed by atoms with Crippen LogP contribution in [-0.2, 0) is 4.79 Å². The first-order valence-electron chi connectivity index (χ1n) is 5.20. The minimum atomic E-state index is -0.586. The Hall–Kier alpha value is -0.530. The molecule has 0 aromatic heterocycles. The van der Waals surface area contributed by atoms with Gasteiger partial charge < -0.3 is 5.11 Å². The topological polar surface area (TPSA) is 37.3 Å². The summed E-state index contributed by atoms with van der Waals surface area (Å²) in [6, 6.07) is 0. The first kappa shape index (κ1) is 10.6. The van der Waals surface area contributed by atoms with Crippen LogP contribution in [-0.4, -0.2) is 11.1 Å². The second-order valence-electron chi connectivity index (χ2n) is 4.83. The van der Waals surface area contributed by atoms with Crippen molar-refractivity contribution in [2.24, 2.45) is 10.8 Å². The molecule has 0 atom stereocenters. The van der Waals surface area contributed by atoms with Gasteiger partial charge >= 0.3 is 5.97 Å². The van der Waals surface area contributed by atoms with Gasteiger partial charge in [0.2, 0.25) is 0 Å². The fourth-order valence-electron chi connectivity index (χ4n) is 2.50. The number of aliphatic carboxylic acids is 1. The van der Waals surface area contributed by atoms with E-state index in [9.17, 15) is 9.90 Å². The molecular weight excluding hydrogens is 164 g/mol. The maximum Gasteiger partial charge on any atom is 0.310 e. The van der Waals surface area contributed by atoms with Crippen LogP contribution in [0.4, 0.5) is 0 Å². The molecule has 0 aliphatic heterocycles. The molecule has 1 rings (SSSR count). The van der Waals surface area contributed by atoms with Crippen LogP contribution < -0.4 is 0 Å². The lowest BCUT2D eigenvalue weighted by Crippen LogP contribution is -2.42. The third kappa shape index (κ3) is 1.47. The summed E-state index contributed by atoms with van der Waals surface area (Å²) < 4.78 is 0. The Morgan fingerprint density at radius 3 is 2.15 bits per heavy atom. The zero-order chi connectivity index (χ0) is 10.1. The Morgan fingerprint density at radius 1 is 1.38 bits per heavy atom. The van der Waals surface area contributed by atoms with E-state index in [1.807, 2.05) is 0 Å². The second-order valence-corrected chi connectivity index (χ2v) is 4.83. The zero-order valence-electron chi connectivity index (χ0n) is 8.89. The summed E-state index contributed by atoms with van der Waals surface area (Å²) in [5.41, 5.74) is -0.503. The summed E-state index contributed by atoms with van der Waals surface area (Å²) >= 11 is 0. The summed E-state index contributed by atoms with van der Waals surface area (Å²) in [5, 5.41) is 9.33. The largest absolute Gasteiger partial charge is 0.481 e. The number of carbonyl (C=O) groups is 1. The molecule has 0 aromatic rings. The Labute approximate surface area is 80.3 Å². The highest BCUT2D eigenvalue weighted by atomic mass is 16.4. The van der Waals surface area contributed by atoms with Crippen LogP contribution >= 0.6 is 0 Å². The van der Waals surface area contributed by atoms with Crippen molar-refractivity contribution in [3.05, 3.63) is 0 Å². The third-order valence-electron chi connectivity index (χ3n) is 4.05. The molecule has 1 aliphatic rings. The van der Waals surface area contributed by atoms with Gasteiger partial charge in [-0.2, -0.15) is 0 Å². The van der Waals surface area contributed by atoms with E-state index < -0.39 is 11.4 Å². The molecule has 2 heteroatoms. The summed E-state index contributed by atoms with van der Waals surface area (Å²) in [5.74, 6) is -0.586. The predicted molar refractivity (Wildman–Crippen MR) is 52.6 cm³/mol. The van der Waals surface area contributed by atoms with Crippen molar-refractivity contribution in [2.45, 2.75) is 52.9 Å². The molecule has 1 saturated carbocycles. The lowest BCUT2D eigenvalue weighted by molar-refractivity contribution is -0.156. The normalized spacial score (nSPS) is 21.8. The standard InChI is InChI=1S/C11H20O2/c1-4-10(2,3)11(9(12)13)7-5-6-8-11/h4-8H2,1-3H3,(H,12,13). The quantitative estimate of drug-likeness (QED) is 0.732. The van der Waals surface area contributed by atoms with Gasteiger partial charge in [0.15, 0.2) is 0 Å². The monoisotopic (exact) mass is 184 g/mol. The maximum absolute atomic E-state index is 11.3. The highest BCUT2D eigenvalue weighted by molar-refractivity contribution is 5.76. The number of hydrogen-bond acceptors (Lipinski definition) is 1. The minimum absolute atomic E-state index is 0.0602. The molecule has 2 nitrogen and oxygen atoms in total. The van der Waals surface area contributed by atoms with Gasteiger partial charge in [-0.3, -0.25) is 4.79 Å². The summed E-state index contributed by atoms with van der Waals surface area (Å²) in [4.78, 5) is 11.3.